The molecule has 1 amide bonds. The highest BCUT2D eigenvalue weighted by atomic mass is 19.1. The molecule has 4 aromatic rings. The topological polar surface area (TPSA) is 78.1 Å². The molecule has 0 aliphatic carbocycles. The van der Waals surface area contributed by atoms with Crippen LogP contribution in [0.15, 0.2) is 36.7 Å². The number of imidazole rings is 1. The molecule has 2 aliphatic rings. The number of hydrogen-bond acceptors (Lipinski definition) is 5. The van der Waals surface area contributed by atoms with Crippen LogP contribution in [0.5, 0.6) is 0 Å². The molecule has 1 atom stereocenters. The van der Waals surface area contributed by atoms with Crippen molar-refractivity contribution in [2.75, 3.05) is 20.3 Å². The van der Waals surface area contributed by atoms with Crippen LogP contribution in [0.25, 0.3) is 33.4 Å². The third kappa shape index (κ3) is 3.53. The Morgan fingerprint density at radius 2 is 1.91 bits per heavy atom. The van der Waals surface area contributed by atoms with Crippen molar-refractivity contribution in [1.29, 1.82) is 0 Å². The van der Waals surface area contributed by atoms with Gasteiger partial charge in [0.2, 0.25) is 5.91 Å². The number of nitrogens with zero attached hydrogens (tertiary/aromatic N) is 6. The summed E-state index contributed by atoms with van der Waals surface area (Å²) in [5.74, 6) is 0.704. The Hall–Kier alpha value is -3.59. The summed E-state index contributed by atoms with van der Waals surface area (Å²) in [6.45, 7) is 3.60. The van der Waals surface area contributed by atoms with Gasteiger partial charge in [0, 0.05) is 56.6 Å². The zero-order valence-corrected chi connectivity index (χ0v) is 20.0. The first-order chi connectivity index (χ1) is 16.9. The van der Waals surface area contributed by atoms with E-state index in [0.29, 0.717) is 36.4 Å². The SMILES string of the molecule is C[C@H]1C(=O)N(C)Cc2c(-c3c(F)ccc4cc(-c5ccn(C)n5)ncc34)nc(C3CCOCC3)n21. The molecule has 0 unspecified atom stereocenters. The van der Waals surface area contributed by atoms with Gasteiger partial charge >= 0.3 is 0 Å². The maximum Gasteiger partial charge on any atom is 0.245 e. The predicted octanol–water partition coefficient (Wildman–Crippen LogP) is 4.06. The highest BCUT2D eigenvalue weighted by Crippen LogP contribution is 2.40. The molecule has 6 rings (SSSR count). The summed E-state index contributed by atoms with van der Waals surface area (Å²) in [6, 6.07) is 6.69. The minimum atomic E-state index is -0.394. The smallest absolute Gasteiger partial charge is 0.245 e. The van der Waals surface area contributed by atoms with Gasteiger partial charge in [-0.25, -0.2) is 9.37 Å². The van der Waals surface area contributed by atoms with Gasteiger partial charge in [0.05, 0.1) is 23.6 Å². The van der Waals surface area contributed by atoms with E-state index < -0.39 is 6.04 Å². The van der Waals surface area contributed by atoms with E-state index >= 15 is 4.39 Å². The van der Waals surface area contributed by atoms with Crippen molar-refractivity contribution < 1.29 is 13.9 Å². The lowest BCUT2D eigenvalue weighted by molar-refractivity contribution is -0.135. The Labute approximate surface area is 202 Å². The fourth-order valence-electron chi connectivity index (χ4n) is 5.37. The number of rotatable bonds is 3. The molecular formula is C26H27FN6O2. The number of hydrogen-bond donors (Lipinski definition) is 0. The zero-order valence-electron chi connectivity index (χ0n) is 20.0. The molecule has 0 spiro atoms. The van der Waals surface area contributed by atoms with Gasteiger partial charge in [0.15, 0.2) is 0 Å². The average Bonchev–Trinajstić information content (AvgIpc) is 3.47. The van der Waals surface area contributed by atoms with Crippen LogP contribution in [0.2, 0.25) is 0 Å². The van der Waals surface area contributed by atoms with Gasteiger partial charge in [-0.15, -0.1) is 0 Å². The second-order valence-electron chi connectivity index (χ2n) is 9.48. The zero-order chi connectivity index (χ0) is 24.3. The third-order valence-corrected chi connectivity index (χ3v) is 7.20. The molecule has 1 aromatic carbocycles. The molecule has 1 fully saturated rings. The number of carbonyl (C=O) groups excluding carboxylic acids is 1. The van der Waals surface area contributed by atoms with E-state index in [-0.39, 0.29) is 17.6 Å². The fourth-order valence-corrected chi connectivity index (χ4v) is 5.37. The number of halogens is 1. The second kappa shape index (κ2) is 8.27. The molecule has 0 N–H and O–H groups in total. The number of benzene rings is 1. The summed E-state index contributed by atoms with van der Waals surface area (Å²) in [7, 11) is 3.64. The highest BCUT2D eigenvalue weighted by Gasteiger charge is 2.36. The van der Waals surface area contributed by atoms with Gasteiger partial charge in [-0.2, -0.15) is 5.10 Å². The Kier molecular flexibility index (Phi) is 5.17. The minimum Gasteiger partial charge on any atom is -0.381 e. The highest BCUT2D eigenvalue weighted by molar-refractivity contribution is 5.98. The van der Waals surface area contributed by atoms with Gasteiger partial charge in [0.25, 0.3) is 0 Å². The molecule has 9 heteroatoms. The largest absolute Gasteiger partial charge is 0.381 e. The molecule has 2 aliphatic heterocycles. The third-order valence-electron chi connectivity index (χ3n) is 7.20. The summed E-state index contributed by atoms with van der Waals surface area (Å²) in [5.41, 5.74) is 3.37. The summed E-state index contributed by atoms with van der Waals surface area (Å²) in [6.07, 6.45) is 5.24. The second-order valence-corrected chi connectivity index (χ2v) is 9.48. The average molecular weight is 475 g/mol. The van der Waals surface area contributed by atoms with Gasteiger partial charge in [-0.3, -0.25) is 14.5 Å². The first kappa shape index (κ1) is 21.9. The molecule has 0 radical (unpaired) electrons. The van der Waals surface area contributed by atoms with Crippen molar-refractivity contribution in [1.82, 2.24) is 29.2 Å². The summed E-state index contributed by atoms with van der Waals surface area (Å²) in [5, 5.41) is 5.99. The number of carbonyl (C=O) groups is 1. The van der Waals surface area contributed by atoms with Crippen molar-refractivity contribution in [3.8, 4) is 22.6 Å². The van der Waals surface area contributed by atoms with Gasteiger partial charge in [-0.05, 0) is 43.4 Å². The molecule has 1 saturated heterocycles. The van der Waals surface area contributed by atoms with Crippen LogP contribution >= 0.6 is 0 Å². The van der Waals surface area contributed by atoms with E-state index in [0.717, 1.165) is 41.1 Å². The number of amides is 1. The Morgan fingerprint density at radius 3 is 2.66 bits per heavy atom. The molecule has 0 saturated carbocycles. The monoisotopic (exact) mass is 474 g/mol. The van der Waals surface area contributed by atoms with E-state index in [1.165, 1.54) is 6.07 Å². The summed E-state index contributed by atoms with van der Waals surface area (Å²) in [4.78, 5) is 24.2. The van der Waals surface area contributed by atoms with Gasteiger partial charge in [0.1, 0.15) is 23.4 Å². The summed E-state index contributed by atoms with van der Waals surface area (Å²) >= 11 is 0. The maximum absolute atomic E-state index is 15.5. The molecule has 8 nitrogen and oxygen atoms in total. The van der Waals surface area contributed by atoms with Crippen LogP contribution in [0, 0.1) is 5.82 Å². The lowest BCUT2D eigenvalue weighted by atomic mass is 9.98. The minimum absolute atomic E-state index is 0.0369. The molecule has 5 heterocycles. The maximum atomic E-state index is 15.5. The lowest BCUT2D eigenvalue weighted by Crippen LogP contribution is -2.40. The van der Waals surface area contributed by atoms with E-state index in [1.807, 2.05) is 36.9 Å². The molecule has 0 bridgehead atoms. The fraction of sp³-hybridized carbons (Fsp3) is 0.385. The normalized spacial score (nSPS) is 18.9. The van der Waals surface area contributed by atoms with Crippen LogP contribution in [0.1, 0.15) is 43.2 Å². The van der Waals surface area contributed by atoms with Crippen molar-refractivity contribution in [2.45, 2.75) is 38.3 Å². The predicted molar refractivity (Wildman–Crippen MR) is 129 cm³/mol. The van der Waals surface area contributed by atoms with E-state index in [1.54, 1.807) is 28.9 Å². The standard InChI is InChI=1S/C26H27FN6O2/c1-15-26(34)31(2)14-22-24(29-25(33(15)22)16-7-10-35-11-8-16)23-18-13-28-21(20-6-9-32(3)30-20)12-17(18)4-5-19(23)27/h4-6,9,12-13,15-16H,7-8,10-11,14H2,1-3H3/t15-/m0/s1. The quantitative estimate of drug-likeness (QED) is 0.447. The van der Waals surface area contributed by atoms with Crippen LogP contribution in [-0.4, -0.2) is 55.4 Å². The van der Waals surface area contributed by atoms with Gasteiger partial charge < -0.3 is 14.2 Å². The number of pyridine rings is 1. The van der Waals surface area contributed by atoms with Gasteiger partial charge in [-0.1, -0.05) is 6.07 Å². The Morgan fingerprint density at radius 1 is 1.11 bits per heavy atom. The molecule has 35 heavy (non-hydrogen) atoms. The number of aryl methyl sites for hydroxylation is 1. The molecule has 3 aromatic heterocycles. The Balaban J connectivity index is 1.56. The number of fused-ring (bicyclic) bond motifs is 2. The number of ether oxygens (including phenoxy) is 1. The summed E-state index contributed by atoms with van der Waals surface area (Å²) < 4.78 is 24.9. The first-order valence-corrected chi connectivity index (χ1v) is 11.9. The van der Waals surface area contributed by atoms with Crippen molar-refractivity contribution in [3.63, 3.8) is 0 Å². The van der Waals surface area contributed by atoms with E-state index in [4.69, 9.17) is 9.72 Å². The number of aromatic nitrogens is 5. The number of likely N-dealkylation sites (N-methyl/N-ethyl adjacent to an activating group) is 1. The van der Waals surface area contributed by atoms with E-state index in [9.17, 15) is 4.79 Å². The first-order valence-electron chi connectivity index (χ1n) is 11.9. The van der Waals surface area contributed by atoms with Crippen LogP contribution in [-0.2, 0) is 23.1 Å². The lowest BCUT2D eigenvalue weighted by Gasteiger charge is -2.32. The Bertz CT molecular complexity index is 1450. The van der Waals surface area contributed by atoms with Crippen molar-refractivity contribution in [2.24, 2.45) is 7.05 Å². The van der Waals surface area contributed by atoms with Crippen molar-refractivity contribution in [3.05, 3.63) is 54.0 Å². The van der Waals surface area contributed by atoms with E-state index in [2.05, 4.69) is 10.1 Å². The van der Waals surface area contributed by atoms with Crippen LogP contribution < -0.4 is 0 Å². The molecule has 180 valence electrons. The van der Waals surface area contributed by atoms with Crippen LogP contribution in [0.3, 0.4) is 0 Å². The molecular weight excluding hydrogens is 447 g/mol. The van der Waals surface area contributed by atoms with Crippen molar-refractivity contribution >= 4 is 16.7 Å². The van der Waals surface area contributed by atoms with Crippen LogP contribution in [0.4, 0.5) is 4.39 Å².